The Labute approximate surface area is 117 Å². The molecule has 19 heavy (non-hydrogen) atoms. The van der Waals surface area contributed by atoms with Gasteiger partial charge in [-0.05, 0) is 55.8 Å². The zero-order valence-electron chi connectivity index (χ0n) is 12.6. The molecule has 4 fully saturated rings. The van der Waals surface area contributed by atoms with Crippen LogP contribution in [0.3, 0.4) is 0 Å². The highest BCUT2D eigenvalue weighted by Crippen LogP contribution is 2.54. The normalized spacial score (nSPS) is 39.9. The first kappa shape index (κ1) is 13.4. The van der Waals surface area contributed by atoms with Crippen LogP contribution in [0, 0.1) is 23.7 Å². The molecule has 4 saturated carbocycles. The quantitative estimate of drug-likeness (QED) is 0.845. The Hall–Kier alpha value is -0.570. The summed E-state index contributed by atoms with van der Waals surface area (Å²) in [6.45, 7) is 4.68. The molecule has 4 aliphatic carbocycles. The summed E-state index contributed by atoms with van der Waals surface area (Å²) in [5.74, 6) is 3.84. The van der Waals surface area contributed by atoms with Crippen molar-refractivity contribution in [3.8, 4) is 0 Å². The van der Waals surface area contributed by atoms with E-state index in [1.165, 1.54) is 32.1 Å². The van der Waals surface area contributed by atoms with Crippen LogP contribution in [0.4, 0.5) is 0 Å². The molecular formula is C16H28N2O. The molecule has 4 rings (SSSR count). The van der Waals surface area contributed by atoms with E-state index >= 15 is 0 Å². The lowest BCUT2D eigenvalue weighted by atomic mass is 9.54. The summed E-state index contributed by atoms with van der Waals surface area (Å²) in [6.07, 6.45) is 7.01. The minimum Gasteiger partial charge on any atom is -0.341 e. The van der Waals surface area contributed by atoms with E-state index < -0.39 is 0 Å². The van der Waals surface area contributed by atoms with Crippen molar-refractivity contribution in [2.24, 2.45) is 23.7 Å². The number of likely N-dealkylation sites (N-methyl/N-ethyl adjacent to an activating group) is 1. The standard InChI is InChI=1S/C16H28N2O/c1-10(2)17-9-15(19)18(3)16-13-5-11-4-12(7-13)8-14(16)6-11/h10-14,16-17H,4-9H2,1-3H3. The van der Waals surface area contributed by atoms with Gasteiger partial charge in [-0.15, -0.1) is 0 Å². The van der Waals surface area contributed by atoms with Crippen LogP contribution in [0.25, 0.3) is 0 Å². The summed E-state index contributed by atoms with van der Waals surface area (Å²) in [6, 6.07) is 0.921. The molecule has 0 atom stereocenters. The number of rotatable bonds is 4. The number of carbonyl (C=O) groups excluding carboxylic acids is 1. The van der Waals surface area contributed by atoms with Gasteiger partial charge in [-0.2, -0.15) is 0 Å². The van der Waals surface area contributed by atoms with E-state index in [-0.39, 0.29) is 5.91 Å². The summed E-state index contributed by atoms with van der Waals surface area (Å²) in [5.41, 5.74) is 0. The lowest BCUT2D eigenvalue weighted by Crippen LogP contribution is -2.57. The van der Waals surface area contributed by atoms with Gasteiger partial charge in [-0.3, -0.25) is 4.79 Å². The highest BCUT2D eigenvalue weighted by Gasteiger charge is 2.50. The van der Waals surface area contributed by atoms with Gasteiger partial charge in [0.2, 0.25) is 5.91 Å². The second kappa shape index (κ2) is 5.08. The predicted molar refractivity (Wildman–Crippen MR) is 76.7 cm³/mol. The largest absolute Gasteiger partial charge is 0.341 e. The number of hydrogen-bond donors (Lipinski definition) is 1. The number of nitrogens with one attached hydrogen (secondary N) is 1. The Kier molecular flexibility index (Phi) is 3.59. The van der Waals surface area contributed by atoms with Crippen molar-refractivity contribution in [2.45, 2.75) is 58.0 Å². The van der Waals surface area contributed by atoms with Crippen molar-refractivity contribution in [2.75, 3.05) is 13.6 Å². The first-order chi connectivity index (χ1) is 9.04. The summed E-state index contributed by atoms with van der Waals surface area (Å²) >= 11 is 0. The molecule has 108 valence electrons. The SMILES string of the molecule is CC(C)NCC(=O)N(C)C1C2CC3CC(C2)CC1C3. The molecule has 0 aliphatic heterocycles. The lowest BCUT2D eigenvalue weighted by molar-refractivity contribution is -0.140. The predicted octanol–water partition coefficient (Wildman–Crippen LogP) is 2.27. The van der Waals surface area contributed by atoms with E-state index in [4.69, 9.17) is 0 Å². The van der Waals surface area contributed by atoms with Crippen molar-refractivity contribution in [3.05, 3.63) is 0 Å². The first-order valence-electron chi connectivity index (χ1n) is 8.03. The molecule has 1 amide bonds. The van der Waals surface area contributed by atoms with E-state index in [0.29, 0.717) is 18.6 Å². The highest BCUT2D eigenvalue weighted by atomic mass is 16.2. The van der Waals surface area contributed by atoms with Gasteiger partial charge in [0.15, 0.2) is 0 Å². The Morgan fingerprint density at radius 2 is 1.63 bits per heavy atom. The molecular weight excluding hydrogens is 236 g/mol. The molecule has 0 aromatic carbocycles. The average molecular weight is 264 g/mol. The van der Waals surface area contributed by atoms with E-state index in [1.807, 2.05) is 7.05 Å². The third kappa shape index (κ3) is 2.54. The summed E-state index contributed by atoms with van der Waals surface area (Å²) in [5, 5.41) is 3.26. The van der Waals surface area contributed by atoms with Crippen LogP contribution in [-0.2, 0) is 4.79 Å². The minimum absolute atomic E-state index is 0.283. The maximum atomic E-state index is 12.3. The monoisotopic (exact) mass is 264 g/mol. The molecule has 0 aromatic rings. The van der Waals surface area contributed by atoms with Gasteiger partial charge < -0.3 is 10.2 Å². The van der Waals surface area contributed by atoms with Gasteiger partial charge in [0, 0.05) is 19.1 Å². The number of amides is 1. The van der Waals surface area contributed by atoms with Crippen LogP contribution < -0.4 is 5.32 Å². The van der Waals surface area contributed by atoms with Crippen molar-refractivity contribution >= 4 is 5.91 Å². The van der Waals surface area contributed by atoms with Crippen molar-refractivity contribution in [1.29, 1.82) is 0 Å². The van der Waals surface area contributed by atoms with Gasteiger partial charge >= 0.3 is 0 Å². The Morgan fingerprint density at radius 1 is 1.11 bits per heavy atom. The van der Waals surface area contributed by atoms with Gasteiger partial charge in [0.05, 0.1) is 6.54 Å². The molecule has 0 spiro atoms. The number of nitrogens with zero attached hydrogens (tertiary/aromatic N) is 1. The van der Waals surface area contributed by atoms with Crippen LogP contribution in [-0.4, -0.2) is 36.5 Å². The molecule has 0 unspecified atom stereocenters. The maximum Gasteiger partial charge on any atom is 0.236 e. The summed E-state index contributed by atoms with van der Waals surface area (Å²) < 4.78 is 0. The van der Waals surface area contributed by atoms with Crippen molar-refractivity contribution < 1.29 is 4.79 Å². The molecule has 3 nitrogen and oxygen atoms in total. The Bertz CT molecular complexity index is 325. The van der Waals surface area contributed by atoms with Crippen LogP contribution in [0.5, 0.6) is 0 Å². The van der Waals surface area contributed by atoms with Crippen LogP contribution in [0.15, 0.2) is 0 Å². The Balaban J connectivity index is 1.63. The number of carbonyl (C=O) groups is 1. The first-order valence-corrected chi connectivity index (χ1v) is 8.03. The summed E-state index contributed by atoms with van der Waals surface area (Å²) in [7, 11) is 2.04. The molecule has 0 heterocycles. The van der Waals surface area contributed by atoms with E-state index in [1.54, 1.807) is 0 Å². The minimum atomic E-state index is 0.283. The van der Waals surface area contributed by atoms with Gasteiger partial charge in [0.1, 0.15) is 0 Å². The van der Waals surface area contributed by atoms with Crippen molar-refractivity contribution in [1.82, 2.24) is 10.2 Å². The second-order valence-corrected chi connectivity index (χ2v) is 7.46. The fourth-order valence-corrected chi connectivity index (χ4v) is 5.11. The maximum absolute atomic E-state index is 12.3. The zero-order valence-corrected chi connectivity index (χ0v) is 12.6. The Morgan fingerprint density at radius 3 is 2.11 bits per heavy atom. The van der Waals surface area contributed by atoms with E-state index in [2.05, 4.69) is 24.1 Å². The van der Waals surface area contributed by atoms with E-state index in [0.717, 1.165) is 23.7 Å². The third-order valence-corrected chi connectivity index (χ3v) is 5.68. The molecule has 0 radical (unpaired) electrons. The third-order valence-electron chi connectivity index (χ3n) is 5.68. The molecule has 4 bridgehead atoms. The van der Waals surface area contributed by atoms with Gasteiger partial charge in [-0.1, -0.05) is 13.8 Å². The fraction of sp³-hybridized carbons (Fsp3) is 0.938. The molecule has 3 heteroatoms. The van der Waals surface area contributed by atoms with Crippen LogP contribution in [0.1, 0.15) is 46.0 Å². The highest BCUT2D eigenvalue weighted by molar-refractivity contribution is 5.78. The smallest absolute Gasteiger partial charge is 0.236 e. The van der Waals surface area contributed by atoms with Gasteiger partial charge in [0.25, 0.3) is 0 Å². The average Bonchev–Trinajstić information content (AvgIpc) is 2.34. The van der Waals surface area contributed by atoms with E-state index in [9.17, 15) is 4.79 Å². The second-order valence-electron chi connectivity index (χ2n) is 7.46. The molecule has 4 aliphatic rings. The molecule has 0 saturated heterocycles. The van der Waals surface area contributed by atoms with Crippen LogP contribution >= 0.6 is 0 Å². The molecule has 0 aromatic heterocycles. The van der Waals surface area contributed by atoms with Gasteiger partial charge in [-0.25, -0.2) is 0 Å². The fourth-order valence-electron chi connectivity index (χ4n) is 5.11. The van der Waals surface area contributed by atoms with Crippen LogP contribution in [0.2, 0.25) is 0 Å². The topological polar surface area (TPSA) is 32.3 Å². The summed E-state index contributed by atoms with van der Waals surface area (Å²) in [4.78, 5) is 14.4. The lowest BCUT2D eigenvalue weighted by Gasteiger charge is -2.56. The van der Waals surface area contributed by atoms with Crippen molar-refractivity contribution in [3.63, 3.8) is 0 Å². The zero-order chi connectivity index (χ0) is 13.6. The molecule has 1 N–H and O–H groups in total. The number of hydrogen-bond acceptors (Lipinski definition) is 2.